The number of ether oxygens (including phenoxy) is 2. The summed E-state index contributed by atoms with van der Waals surface area (Å²) in [6.45, 7) is 9.49. The van der Waals surface area contributed by atoms with Crippen LogP contribution < -0.4 is 4.74 Å². The standard InChI is InChI=1S/C30H40N4O5S/c1-5-16-33-20-26(31-32-33)15-14-24(18-30(35)38-7-3)23-13-12-22(4)25(17-23)19-34-21-27(6-2)39-28-10-8-9-11-29(28)40(34,36)37/h8-13,17,20,24,27H,5-7,14-16,18-19,21H2,1-4H3/t24?,27-/m1/s1. The fourth-order valence-electron chi connectivity index (χ4n) is 5.03. The Bertz CT molecular complexity index is 1400. The maximum Gasteiger partial charge on any atom is 0.306 e. The summed E-state index contributed by atoms with van der Waals surface area (Å²) in [5, 5.41) is 8.49. The number of aromatic nitrogens is 3. The Morgan fingerprint density at radius 3 is 2.73 bits per heavy atom. The zero-order chi connectivity index (χ0) is 28.7. The van der Waals surface area contributed by atoms with Crippen LogP contribution in [0.2, 0.25) is 0 Å². The topological polar surface area (TPSA) is 104 Å². The minimum atomic E-state index is -3.77. The molecule has 0 bridgehead atoms. The number of para-hydroxylation sites is 1. The van der Waals surface area contributed by atoms with Crippen molar-refractivity contribution < 1.29 is 22.7 Å². The fourth-order valence-corrected chi connectivity index (χ4v) is 6.60. The highest BCUT2D eigenvalue weighted by Crippen LogP contribution is 2.34. The average Bonchev–Trinajstić information content (AvgIpc) is 3.35. The van der Waals surface area contributed by atoms with Crippen LogP contribution in [0.4, 0.5) is 0 Å². The van der Waals surface area contributed by atoms with Crippen molar-refractivity contribution in [3.05, 3.63) is 71.0 Å². The zero-order valence-electron chi connectivity index (χ0n) is 23.9. The Kier molecular flexibility index (Phi) is 9.97. The molecule has 9 nitrogen and oxygen atoms in total. The van der Waals surface area contributed by atoms with Crippen LogP contribution in [0.25, 0.3) is 0 Å². The highest BCUT2D eigenvalue weighted by Gasteiger charge is 2.34. The van der Waals surface area contributed by atoms with Gasteiger partial charge in [0.25, 0.3) is 0 Å². The van der Waals surface area contributed by atoms with E-state index in [9.17, 15) is 13.2 Å². The van der Waals surface area contributed by atoms with E-state index in [0.29, 0.717) is 31.6 Å². The van der Waals surface area contributed by atoms with Gasteiger partial charge in [0, 0.05) is 19.3 Å². The van der Waals surface area contributed by atoms with Gasteiger partial charge in [-0.05, 0) is 74.3 Å². The molecule has 216 valence electrons. The molecule has 1 aliphatic rings. The molecule has 0 radical (unpaired) electrons. The van der Waals surface area contributed by atoms with Gasteiger partial charge in [-0.1, -0.05) is 49.4 Å². The number of esters is 1. The van der Waals surface area contributed by atoms with Crippen molar-refractivity contribution >= 4 is 16.0 Å². The summed E-state index contributed by atoms with van der Waals surface area (Å²) in [6, 6.07) is 12.9. The number of rotatable bonds is 12. The summed E-state index contributed by atoms with van der Waals surface area (Å²) in [5.41, 5.74) is 3.75. The van der Waals surface area contributed by atoms with E-state index in [-0.39, 0.29) is 42.4 Å². The van der Waals surface area contributed by atoms with Crippen LogP contribution in [0.1, 0.15) is 74.8 Å². The van der Waals surface area contributed by atoms with Gasteiger partial charge in [-0.3, -0.25) is 9.48 Å². The Morgan fingerprint density at radius 1 is 1.18 bits per heavy atom. The van der Waals surface area contributed by atoms with Gasteiger partial charge in [0.2, 0.25) is 10.0 Å². The lowest BCUT2D eigenvalue weighted by atomic mass is 9.88. The second-order valence-corrected chi connectivity index (χ2v) is 12.2. The van der Waals surface area contributed by atoms with Crippen LogP contribution in [0.5, 0.6) is 5.75 Å². The molecule has 40 heavy (non-hydrogen) atoms. The van der Waals surface area contributed by atoms with Crippen LogP contribution in [0.3, 0.4) is 0 Å². The van der Waals surface area contributed by atoms with E-state index in [4.69, 9.17) is 9.47 Å². The molecule has 2 atom stereocenters. The summed E-state index contributed by atoms with van der Waals surface area (Å²) < 4.78 is 42.1. The Hall–Kier alpha value is -3.24. The molecule has 10 heteroatoms. The molecular formula is C30H40N4O5S. The minimum Gasteiger partial charge on any atom is -0.488 e. The molecule has 4 rings (SSSR count). The molecule has 1 aromatic heterocycles. The van der Waals surface area contributed by atoms with Gasteiger partial charge in [0.15, 0.2) is 0 Å². The van der Waals surface area contributed by atoms with Crippen molar-refractivity contribution in [1.82, 2.24) is 19.3 Å². The van der Waals surface area contributed by atoms with Crippen molar-refractivity contribution in [2.75, 3.05) is 13.2 Å². The van der Waals surface area contributed by atoms with Crippen LogP contribution in [0.15, 0.2) is 53.6 Å². The predicted molar refractivity (Wildman–Crippen MR) is 153 cm³/mol. The molecule has 2 aromatic carbocycles. The maximum absolute atomic E-state index is 13.7. The lowest BCUT2D eigenvalue weighted by Gasteiger charge is -2.24. The number of hydrogen-bond donors (Lipinski definition) is 0. The van der Waals surface area contributed by atoms with Gasteiger partial charge in [-0.25, -0.2) is 8.42 Å². The first-order valence-corrected chi connectivity index (χ1v) is 15.6. The lowest BCUT2D eigenvalue weighted by molar-refractivity contribution is -0.143. The molecule has 0 amide bonds. The monoisotopic (exact) mass is 568 g/mol. The lowest BCUT2D eigenvalue weighted by Crippen LogP contribution is -2.36. The number of carbonyl (C=O) groups excluding carboxylic acids is 1. The summed E-state index contributed by atoms with van der Waals surface area (Å²) in [7, 11) is -3.77. The zero-order valence-corrected chi connectivity index (χ0v) is 24.7. The number of benzene rings is 2. The molecule has 0 fully saturated rings. The summed E-state index contributed by atoms with van der Waals surface area (Å²) in [5.74, 6) is 0.0366. The Morgan fingerprint density at radius 2 is 1.98 bits per heavy atom. The Balaban J connectivity index is 1.61. The molecular weight excluding hydrogens is 528 g/mol. The van der Waals surface area contributed by atoms with E-state index in [2.05, 4.69) is 17.2 Å². The van der Waals surface area contributed by atoms with Crippen molar-refractivity contribution in [3.8, 4) is 5.75 Å². The summed E-state index contributed by atoms with van der Waals surface area (Å²) >= 11 is 0. The van der Waals surface area contributed by atoms with Crippen LogP contribution in [0, 0.1) is 6.92 Å². The third-order valence-electron chi connectivity index (χ3n) is 7.32. The van der Waals surface area contributed by atoms with Gasteiger partial charge in [-0.15, -0.1) is 5.10 Å². The summed E-state index contributed by atoms with van der Waals surface area (Å²) in [4.78, 5) is 12.7. The van der Waals surface area contributed by atoms with E-state index < -0.39 is 10.0 Å². The molecule has 3 aromatic rings. The number of nitrogens with zero attached hydrogens (tertiary/aromatic N) is 4. The second kappa shape index (κ2) is 13.4. The van der Waals surface area contributed by atoms with E-state index in [0.717, 1.165) is 35.3 Å². The first-order valence-electron chi connectivity index (χ1n) is 14.1. The normalized spacial score (nSPS) is 17.4. The molecule has 0 spiro atoms. The maximum atomic E-state index is 13.7. The number of carbonyl (C=O) groups is 1. The Labute approximate surface area is 237 Å². The first kappa shape index (κ1) is 29.7. The van der Waals surface area contributed by atoms with Crippen molar-refractivity contribution in [3.63, 3.8) is 0 Å². The van der Waals surface area contributed by atoms with Gasteiger partial charge in [0.1, 0.15) is 16.7 Å². The fraction of sp³-hybridized carbons (Fsp3) is 0.500. The average molecular weight is 569 g/mol. The molecule has 0 N–H and O–H groups in total. The third kappa shape index (κ3) is 7.09. The number of fused-ring (bicyclic) bond motifs is 1. The molecule has 1 unspecified atom stereocenters. The van der Waals surface area contributed by atoms with Crippen molar-refractivity contribution in [1.29, 1.82) is 0 Å². The van der Waals surface area contributed by atoms with E-state index in [1.807, 2.05) is 42.9 Å². The predicted octanol–water partition coefficient (Wildman–Crippen LogP) is 5.03. The van der Waals surface area contributed by atoms with Gasteiger partial charge >= 0.3 is 5.97 Å². The van der Waals surface area contributed by atoms with E-state index in [1.54, 1.807) is 31.2 Å². The third-order valence-corrected chi connectivity index (χ3v) is 9.17. The number of hydrogen-bond acceptors (Lipinski definition) is 7. The molecule has 0 saturated carbocycles. The minimum absolute atomic E-state index is 0.108. The summed E-state index contributed by atoms with van der Waals surface area (Å²) in [6.07, 6.45) is 4.96. The smallest absolute Gasteiger partial charge is 0.306 e. The van der Waals surface area contributed by atoms with Crippen LogP contribution in [-0.2, 0) is 39.1 Å². The van der Waals surface area contributed by atoms with Gasteiger partial charge in [-0.2, -0.15) is 4.31 Å². The quantitative estimate of drug-likeness (QED) is 0.282. The number of sulfonamides is 1. The van der Waals surface area contributed by atoms with Gasteiger partial charge in [0.05, 0.1) is 25.3 Å². The van der Waals surface area contributed by atoms with E-state index in [1.165, 1.54) is 4.31 Å². The van der Waals surface area contributed by atoms with Crippen molar-refractivity contribution in [2.45, 2.75) is 89.8 Å². The molecule has 0 saturated heterocycles. The number of aryl methyl sites for hydroxylation is 3. The molecule has 0 aliphatic carbocycles. The second-order valence-electron chi connectivity index (χ2n) is 10.3. The van der Waals surface area contributed by atoms with Crippen LogP contribution >= 0.6 is 0 Å². The first-order chi connectivity index (χ1) is 19.2. The SMILES string of the molecule is CCCn1cc(CCC(CC(=O)OCC)c2ccc(C)c(CN3C[C@@H](CC)Oc4ccccc4S3(=O)=O)c2)nn1. The molecule has 1 aliphatic heterocycles. The highest BCUT2D eigenvalue weighted by atomic mass is 32.2. The highest BCUT2D eigenvalue weighted by molar-refractivity contribution is 7.89. The van der Waals surface area contributed by atoms with Gasteiger partial charge < -0.3 is 9.47 Å². The van der Waals surface area contributed by atoms with Crippen molar-refractivity contribution in [2.24, 2.45) is 0 Å². The van der Waals surface area contributed by atoms with E-state index >= 15 is 0 Å². The van der Waals surface area contributed by atoms with Crippen LogP contribution in [-0.4, -0.2) is 52.9 Å². The molecule has 2 heterocycles. The largest absolute Gasteiger partial charge is 0.488 e.